The zero-order valence-electron chi connectivity index (χ0n) is 25.3. The van der Waals surface area contributed by atoms with Crippen molar-refractivity contribution in [1.29, 1.82) is 0 Å². The minimum atomic E-state index is -0.779. The van der Waals surface area contributed by atoms with Gasteiger partial charge in [0.2, 0.25) is 0 Å². The van der Waals surface area contributed by atoms with Crippen LogP contribution in [0.25, 0.3) is 22.5 Å². The van der Waals surface area contributed by atoms with E-state index in [0.29, 0.717) is 50.8 Å². The summed E-state index contributed by atoms with van der Waals surface area (Å²) in [5.74, 6) is 0.391. The van der Waals surface area contributed by atoms with E-state index in [-0.39, 0.29) is 17.2 Å². The molecule has 0 bridgehead atoms. The zero-order valence-corrected chi connectivity index (χ0v) is 26.1. The van der Waals surface area contributed by atoms with Crippen LogP contribution in [0.5, 0.6) is 5.75 Å². The normalized spacial score (nSPS) is 14.8. The lowest BCUT2D eigenvalue weighted by Crippen LogP contribution is -2.43. The van der Waals surface area contributed by atoms with Gasteiger partial charge in [0.05, 0.1) is 27.8 Å². The van der Waals surface area contributed by atoms with Crippen LogP contribution in [0.2, 0.25) is 0 Å². The summed E-state index contributed by atoms with van der Waals surface area (Å²) in [7, 11) is 1.59. The lowest BCUT2D eigenvalue weighted by Gasteiger charge is -2.30. The van der Waals surface area contributed by atoms with Crippen molar-refractivity contribution < 1.29 is 14.5 Å². The van der Waals surface area contributed by atoms with Crippen molar-refractivity contribution in [1.82, 2.24) is 14.0 Å². The highest BCUT2D eigenvalue weighted by Gasteiger charge is 2.36. The number of carbonyl (C=O) groups is 1. The van der Waals surface area contributed by atoms with Crippen LogP contribution in [-0.2, 0) is 4.79 Å². The molecule has 3 aromatic carbocycles. The van der Waals surface area contributed by atoms with Gasteiger partial charge in [-0.3, -0.25) is 24.3 Å². The summed E-state index contributed by atoms with van der Waals surface area (Å²) in [4.78, 5) is 46.3. The predicted octanol–water partition coefficient (Wildman–Crippen LogP) is 4.96. The largest absolute Gasteiger partial charge is 0.496 e. The third kappa shape index (κ3) is 5.14. The number of nitrogens with zero attached hydrogens (tertiary/aromatic N) is 5. The van der Waals surface area contributed by atoms with Gasteiger partial charge in [-0.15, -0.1) is 0 Å². The van der Waals surface area contributed by atoms with E-state index < -0.39 is 11.0 Å². The van der Waals surface area contributed by atoms with Crippen molar-refractivity contribution in [3.05, 3.63) is 131 Å². The second kappa shape index (κ2) is 12.0. The van der Waals surface area contributed by atoms with E-state index in [9.17, 15) is 19.7 Å². The van der Waals surface area contributed by atoms with Crippen LogP contribution >= 0.6 is 11.3 Å². The molecule has 0 saturated carbocycles. The quantitative estimate of drug-likeness (QED) is 0.180. The molecule has 45 heavy (non-hydrogen) atoms. The molecule has 0 N–H and O–H groups in total. The molecule has 1 aliphatic heterocycles. The van der Waals surface area contributed by atoms with Gasteiger partial charge < -0.3 is 14.2 Å². The highest BCUT2D eigenvalue weighted by Crippen LogP contribution is 2.40. The second-order valence-electron chi connectivity index (χ2n) is 10.5. The number of carbonyl (C=O) groups excluding carboxylic acids is 1. The third-order valence-corrected chi connectivity index (χ3v) is 9.11. The van der Waals surface area contributed by atoms with Gasteiger partial charge in [-0.25, -0.2) is 4.99 Å². The van der Waals surface area contributed by atoms with E-state index in [0.717, 1.165) is 16.3 Å². The van der Waals surface area contributed by atoms with E-state index in [1.54, 1.807) is 34.8 Å². The number of ether oxygens (including phenoxy) is 1. The number of aromatic nitrogens is 2. The fourth-order valence-corrected chi connectivity index (χ4v) is 6.93. The third-order valence-electron chi connectivity index (χ3n) is 8.12. The molecule has 1 amide bonds. The molecule has 0 fully saturated rings. The Labute approximate surface area is 262 Å². The Morgan fingerprint density at radius 1 is 1.07 bits per heavy atom. The van der Waals surface area contributed by atoms with Crippen molar-refractivity contribution in [3.63, 3.8) is 0 Å². The minimum absolute atomic E-state index is 0.00457. The SMILES string of the molecule is CCN(CC)C(=O)C1=C(C)N=c2s/c(=C/c3cccn3-c3ccc([N+](=O)[O-])cc3)c(=O)n2[C@H]1c1c(OC)ccc2ccccc12. The number of methoxy groups -OCH3 is 1. The fraction of sp³-hybridized carbons (Fsp3) is 0.206. The van der Waals surface area contributed by atoms with Gasteiger partial charge >= 0.3 is 0 Å². The number of benzene rings is 3. The van der Waals surface area contributed by atoms with Crippen molar-refractivity contribution in [2.45, 2.75) is 26.8 Å². The van der Waals surface area contributed by atoms with Crippen LogP contribution in [0.15, 0.2) is 100 Å². The molecule has 1 atom stereocenters. The number of non-ortho nitro benzene ring substituents is 1. The molecule has 0 aliphatic carbocycles. The number of thiazole rings is 1. The van der Waals surface area contributed by atoms with Crippen molar-refractivity contribution in [2.24, 2.45) is 4.99 Å². The summed E-state index contributed by atoms with van der Waals surface area (Å²) < 4.78 is 9.78. The Balaban J connectivity index is 1.59. The van der Waals surface area contributed by atoms with Crippen molar-refractivity contribution in [2.75, 3.05) is 20.2 Å². The Kier molecular flexibility index (Phi) is 7.94. The van der Waals surface area contributed by atoms with Gasteiger partial charge in [-0.05, 0) is 68.0 Å². The molecule has 228 valence electrons. The molecule has 11 heteroatoms. The van der Waals surface area contributed by atoms with Crippen LogP contribution in [0, 0.1) is 10.1 Å². The first-order valence-corrected chi connectivity index (χ1v) is 15.4. The van der Waals surface area contributed by atoms with Crippen molar-refractivity contribution in [3.8, 4) is 11.4 Å². The average molecular weight is 622 g/mol. The second-order valence-corrected chi connectivity index (χ2v) is 11.5. The lowest BCUT2D eigenvalue weighted by molar-refractivity contribution is -0.384. The molecule has 5 aromatic rings. The number of hydrogen-bond donors (Lipinski definition) is 0. The predicted molar refractivity (Wildman–Crippen MR) is 175 cm³/mol. The maximum atomic E-state index is 14.4. The first-order valence-electron chi connectivity index (χ1n) is 14.6. The average Bonchev–Trinajstić information content (AvgIpc) is 3.64. The number of rotatable bonds is 8. The van der Waals surface area contributed by atoms with Gasteiger partial charge in [-0.1, -0.05) is 41.7 Å². The van der Waals surface area contributed by atoms with Crippen LogP contribution < -0.4 is 19.6 Å². The summed E-state index contributed by atoms with van der Waals surface area (Å²) in [6.07, 6.45) is 3.62. The topological polar surface area (TPSA) is 112 Å². The molecule has 0 unspecified atom stereocenters. The molecule has 3 heterocycles. The first-order chi connectivity index (χ1) is 21.8. The monoisotopic (exact) mass is 621 g/mol. The van der Waals surface area contributed by atoms with Crippen molar-refractivity contribution >= 4 is 39.8 Å². The van der Waals surface area contributed by atoms with E-state index in [1.807, 2.05) is 80.1 Å². The Bertz CT molecular complexity index is 2170. The Hall–Kier alpha value is -5.29. The maximum absolute atomic E-state index is 14.4. The number of hydrogen-bond acceptors (Lipinski definition) is 7. The molecule has 6 rings (SSSR count). The summed E-state index contributed by atoms with van der Waals surface area (Å²) in [6.45, 7) is 6.70. The van der Waals surface area contributed by atoms with Gasteiger partial charge in [0, 0.05) is 48.4 Å². The van der Waals surface area contributed by atoms with E-state index in [2.05, 4.69) is 0 Å². The number of nitro groups is 1. The molecule has 10 nitrogen and oxygen atoms in total. The molecule has 1 aliphatic rings. The summed E-state index contributed by atoms with van der Waals surface area (Å²) >= 11 is 1.25. The first kappa shape index (κ1) is 29.8. The molecule has 0 saturated heterocycles. The maximum Gasteiger partial charge on any atom is 0.271 e. The fourth-order valence-electron chi connectivity index (χ4n) is 5.90. The van der Waals surface area contributed by atoms with Gasteiger partial charge in [-0.2, -0.15) is 0 Å². The highest BCUT2D eigenvalue weighted by molar-refractivity contribution is 7.07. The van der Waals surface area contributed by atoms with Gasteiger partial charge in [0.1, 0.15) is 11.8 Å². The molecular formula is C34H31N5O5S. The zero-order chi connectivity index (χ0) is 31.8. The van der Waals surface area contributed by atoms with Crippen LogP contribution in [0.3, 0.4) is 0 Å². The number of nitro benzene ring substituents is 1. The minimum Gasteiger partial charge on any atom is -0.496 e. The van der Waals surface area contributed by atoms with Crippen LogP contribution in [0.1, 0.15) is 38.1 Å². The van der Waals surface area contributed by atoms with E-state index in [4.69, 9.17) is 9.73 Å². The molecule has 2 aromatic heterocycles. The standard InChI is InChI=1S/C34H31N5O5S/c1-5-36(6-2)33(41)29-21(3)35-34-38(31(29)30-26-12-8-7-10-22(26)13-18-27(30)44-4)32(40)28(45-34)20-25-11-9-19-37(25)23-14-16-24(17-15-23)39(42)43/h7-20,31H,5-6H2,1-4H3/b28-20+/t31-/m1/s1. The smallest absolute Gasteiger partial charge is 0.271 e. The Morgan fingerprint density at radius 2 is 1.80 bits per heavy atom. The molecule has 0 radical (unpaired) electrons. The number of allylic oxidation sites excluding steroid dienone is 1. The van der Waals surface area contributed by atoms with Gasteiger partial charge in [0.25, 0.3) is 17.2 Å². The number of fused-ring (bicyclic) bond motifs is 2. The van der Waals surface area contributed by atoms with E-state index in [1.165, 1.54) is 23.5 Å². The Morgan fingerprint density at radius 3 is 2.49 bits per heavy atom. The van der Waals surface area contributed by atoms with Crippen LogP contribution in [-0.4, -0.2) is 45.1 Å². The highest BCUT2D eigenvalue weighted by atomic mass is 32.1. The van der Waals surface area contributed by atoms with Gasteiger partial charge in [0.15, 0.2) is 4.80 Å². The number of likely N-dealkylation sites (N-methyl/N-ethyl adjacent to an activating group) is 1. The summed E-state index contributed by atoms with van der Waals surface area (Å²) in [5, 5.41) is 13.0. The van der Waals surface area contributed by atoms with Crippen LogP contribution in [0.4, 0.5) is 5.69 Å². The lowest BCUT2D eigenvalue weighted by atomic mass is 9.90. The molecule has 0 spiro atoms. The summed E-state index contributed by atoms with van der Waals surface area (Å²) in [6, 6.07) is 20.9. The number of amides is 1. The van der Waals surface area contributed by atoms with E-state index >= 15 is 0 Å². The molecular weight excluding hydrogens is 590 g/mol. The summed E-state index contributed by atoms with van der Waals surface area (Å²) in [5.41, 5.74) is 2.84.